The van der Waals surface area contributed by atoms with Crippen molar-refractivity contribution in [3.8, 4) is 0 Å². The van der Waals surface area contributed by atoms with Crippen LogP contribution in [-0.4, -0.2) is 82.4 Å². The number of cyclic esters (lactones) is 1. The van der Waals surface area contributed by atoms with Crippen molar-refractivity contribution in [2.24, 2.45) is 76.9 Å². The number of alkyl carbamates (subject to hydrolysis) is 1. The molecule has 10 nitrogen and oxygen atoms in total. The number of carbonyl (C=O) groups excluding carboxylic acids is 1. The SMILES string of the molecule is CC(C)C1CC2CCCOC2C1.CC(C)C1CCC(C)(C)OC1.CC(C)C1CCS(=O)(=O)NC1.CC(C)C1C[C@@H]2OC(C)(C)O[C@@H]2C1.CC(C)CC1CNC(=O)O1.CC1CC(C(C)C)C1. The first-order valence-corrected chi connectivity index (χ1v) is 28.3. The van der Waals surface area contributed by atoms with Gasteiger partial charge < -0.3 is 29.0 Å². The van der Waals surface area contributed by atoms with Gasteiger partial charge in [-0.3, -0.25) is 0 Å². The number of nitrogens with one attached hydrogen (secondary N) is 2. The van der Waals surface area contributed by atoms with Crippen molar-refractivity contribution in [1.82, 2.24) is 10.0 Å². The molecule has 8 aliphatic rings. The van der Waals surface area contributed by atoms with Crippen molar-refractivity contribution in [2.75, 3.05) is 32.1 Å². The van der Waals surface area contributed by atoms with E-state index in [1.54, 1.807) is 0 Å². The molecule has 384 valence electrons. The van der Waals surface area contributed by atoms with E-state index in [0.717, 1.165) is 85.2 Å². The van der Waals surface area contributed by atoms with Crippen molar-refractivity contribution in [3.05, 3.63) is 0 Å². The zero-order valence-electron chi connectivity index (χ0n) is 45.0. The van der Waals surface area contributed by atoms with Gasteiger partial charge in [-0.05, 0) is 182 Å². The fraction of sp³-hybridized carbons (Fsp3) is 0.981. The molecule has 11 heteroatoms. The minimum atomic E-state index is -2.90. The van der Waals surface area contributed by atoms with Gasteiger partial charge in [-0.2, -0.15) is 0 Å². The van der Waals surface area contributed by atoms with Crippen LogP contribution in [0.5, 0.6) is 0 Å². The molecule has 0 spiro atoms. The van der Waals surface area contributed by atoms with Crippen LogP contribution in [-0.2, 0) is 33.7 Å². The molecule has 3 saturated carbocycles. The maximum Gasteiger partial charge on any atom is 0.407 e. The summed E-state index contributed by atoms with van der Waals surface area (Å²) in [6.45, 7) is 41.0. The van der Waals surface area contributed by atoms with Crippen molar-refractivity contribution in [1.29, 1.82) is 0 Å². The minimum absolute atomic E-state index is 0.104. The highest BCUT2D eigenvalue weighted by atomic mass is 32.2. The van der Waals surface area contributed by atoms with E-state index in [2.05, 4.69) is 114 Å². The highest BCUT2D eigenvalue weighted by molar-refractivity contribution is 7.89. The van der Waals surface area contributed by atoms with E-state index in [1.807, 2.05) is 13.8 Å². The van der Waals surface area contributed by atoms with Gasteiger partial charge in [-0.25, -0.2) is 17.9 Å². The number of fused-ring (bicyclic) bond motifs is 2. The summed E-state index contributed by atoms with van der Waals surface area (Å²) in [4.78, 5) is 10.5. The fourth-order valence-corrected chi connectivity index (χ4v) is 12.0. The molecule has 3 aliphatic carbocycles. The van der Waals surface area contributed by atoms with Gasteiger partial charge in [0.25, 0.3) is 0 Å². The normalized spacial score (nSPS) is 35.1. The summed E-state index contributed by atoms with van der Waals surface area (Å²) in [7, 11) is -2.90. The van der Waals surface area contributed by atoms with Crippen LogP contribution in [0.25, 0.3) is 0 Å². The van der Waals surface area contributed by atoms with E-state index in [9.17, 15) is 13.2 Å². The molecule has 0 aromatic rings. The van der Waals surface area contributed by atoms with Gasteiger partial charge >= 0.3 is 6.09 Å². The van der Waals surface area contributed by atoms with Crippen LogP contribution < -0.4 is 10.0 Å². The Labute approximate surface area is 401 Å². The summed E-state index contributed by atoms with van der Waals surface area (Å²) in [5.74, 6) is 10.5. The summed E-state index contributed by atoms with van der Waals surface area (Å²) in [6, 6.07) is 0. The van der Waals surface area contributed by atoms with Gasteiger partial charge in [0.05, 0.1) is 42.8 Å². The summed E-state index contributed by atoms with van der Waals surface area (Å²) < 4.78 is 52.5. The Morgan fingerprint density at radius 3 is 1.57 bits per heavy atom. The molecule has 5 saturated heterocycles. The lowest BCUT2D eigenvalue weighted by Gasteiger charge is -2.36. The minimum Gasteiger partial charge on any atom is -0.444 e. The summed E-state index contributed by atoms with van der Waals surface area (Å²) in [5, 5.41) is 2.61. The Hall–Kier alpha value is -0.980. The lowest BCUT2D eigenvalue weighted by Crippen LogP contribution is -2.39. The standard InChI is InChI=1S/C11H20O2.C11H20O.C10H20O.C8H16.C7H15NO2S.C7H13NO2/c1-7(2)8-5-9-10(6-8)13-11(3,4)12-9;1-8(2)10-6-9-4-3-5-12-11(9)7-10;1-8(2)9-5-6-10(3,4)11-7-9;1-6(2)8-4-7(3)5-8;1-6(2)7-3-4-11(9,10)8-5-7;1-5(2)3-6-4-8-7(9)10-6/h7-10H,5-6H2,1-4H3;8-11H,3-7H2,1-2H3;8-9H,5-7H2,1-4H3;6-8H,4-5H2,1-3H3;6-8H,3-5H2,1-2H3;5-6H,3-4H2,1-2H3,(H,8,9)/t8?,9-,10+;;;;;. The zero-order valence-corrected chi connectivity index (χ0v) is 45.8. The fourth-order valence-electron chi connectivity index (χ4n) is 10.7. The molecule has 0 aromatic heterocycles. The Balaban J connectivity index is 0.000000208. The first kappa shape index (κ1) is 58.3. The van der Waals surface area contributed by atoms with Crippen molar-refractivity contribution in [2.45, 2.75) is 231 Å². The smallest absolute Gasteiger partial charge is 0.407 e. The van der Waals surface area contributed by atoms with E-state index in [-0.39, 0.29) is 23.6 Å². The maximum atomic E-state index is 10.9. The molecule has 8 rings (SSSR count). The van der Waals surface area contributed by atoms with Gasteiger partial charge in [0.15, 0.2) is 5.79 Å². The van der Waals surface area contributed by atoms with E-state index in [4.69, 9.17) is 23.7 Å². The van der Waals surface area contributed by atoms with Crippen molar-refractivity contribution in [3.63, 3.8) is 0 Å². The lowest BCUT2D eigenvalue weighted by atomic mass is 9.71. The third-order valence-electron chi connectivity index (χ3n) is 15.8. The molecule has 1 amide bonds. The summed E-state index contributed by atoms with van der Waals surface area (Å²) >= 11 is 0. The van der Waals surface area contributed by atoms with E-state index >= 15 is 0 Å². The molecule has 5 aliphatic heterocycles. The maximum absolute atomic E-state index is 10.9. The van der Waals surface area contributed by atoms with Gasteiger partial charge in [0, 0.05) is 13.2 Å². The predicted molar refractivity (Wildman–Crippen MR) is 268 cm³/mol. The second-order valence-corrected chi connectivity index (χ2v) is 26.6. The zero-order chi connectivity index (χ0) is 48.9. The first-order valence-electron chi connectivity index (χ1n) is 26.7. The van der Waals surface area contributed by atoms with Gasteiger partial charge in [0.2, 0.25) is 10.0 Å². The summed E-state index contributed by atoms with van der Waals surface area (Å²) in [5.41, 5.74) is 0.144. The molecule has 0 bridgehead atoms. The highest BCUT2D eigenvalue weighted by Crippen LogP contribution is 2.44. The van der Waals surface area contributed by atoms with E-state index < -0.39 is 10.0 Å². The molecule has 2 N–H and O–H groups in total. The third kappa shape index (κ3) is 21.3. The van der Waals surface area contributed by atoms with Crippen molar-refractivity contribution >= 4 is 16.1 Å². The number of ether oxygens (including phenoxy) is 5. The number of sulfonamides is 1. The molecule has 65 heavy (non-hydrogen) atoms. The van der Waals surface area contributed by atoms with E-state index in [1.165, 1.54) is 64.2 Å². The third-order valence-corrected chi connectivity index (χ3v) is 17.2. The lowest BCUT2D eigenvalue weighted by molar-refractivity contribution is -0.154. The Kier molecular flexibility index (Phi) is 24.1. The van der Waals surface area contributed by atoms with Crippen LogP contribution in [0.15, 0.2) is 0 Å². The average Bonchev–Trinajstić information content (AvgIpc) is 3.97. The number of hydrogen-bond acceptors (Lipinski definition) is 8. The number of amides is 1. The molecular formula is C54H104N2O8S. The van der Waals surface area contributed by atoms with E-state index in [0.29, 0.717) is 54.9 Å². The van der Waals surface area contributed by atoms with Gasteiger partial charge in [0.1, 0.15) is 6.10 Å². The van der Waals surface area contributed by atoms with Crippen LogP contribution in [0.1, 0.15) is 195 Å². The average molecular weight is 941 g/mol. The van der Waals surface area contributed by atoms with Crippen LogP contribution >= 0.6 is 0 Å². The molecular weight excluding hydrogens is 837 g/mol. The Bertz CT molecular complexity index is 1400. The van der Waals surface area contributed by atoms with Gasteiger partial charge in [-0.15, -0.1) is 0 Å². The number of rotatable bonds is 7. The number of carbonyl (C=O) groups is 1. The van der Waals surface area contributed by atoms with Crippen LogP contribution in [0.4, 0.5) is 4.79 Å². The highest BCUT2D eigenvalue weighted by Gasteiger charge is 2.47. The first-order chi connectivity index (χ1) is 30.2. The second-order valence-electron chi connectivity index (χ2n) is 24.7. The van der Waals surface area contributed by atoms with Gasteiger partial charge in [-0.1, -0.05) is 90.0 Å². The number of hydrogen-bond donors (Lipinski definition) is 2. The topological polar surface area (TPSA) is 121 Å². The molecule has 0 radical (unpaired) electrons. The Morgan fingerprint density at radius 1 is 0.646 bits per heavy atom. The van der Waals surface area contributed by atoms with Crippen molar-refractivity contribution < 1.29 is 36.9 Å². The van der Waals surface area contributed by atoms with Crippen LogP contribution in [0.2, 0.25) is 0 Å². The van der Waals surface area contributed by atoms with Crippen LogP contribution in [0, 0.1) is 76.9 Å². The Morgan fingerprint density at radius 2 is 1.17 bits per heavy atom. The molecule has 5 heterocycles. The quantitative estimate of drug-likeness (QED) is 0.259. The monoisotopic (exact) mass is 941 g/mol. The molecule has 9 atom stereocenters. The molecule has 7 unspecified atom stereocenters. The van der Waals surface area contributed by atoms with Crippen LogP contribution in [0.3, 0.4) is 0 Å². The molecule has 0 aromatic carbocycles. The molecule has 8 fully saturated rings. The summed E-state index contributed by atoms with van der Waals surface area (Å²) in [6.07, 6.45) is 16.3. The second kappa shape index (κ2) is 26.8. The predicted octanol–water partition coefficient (Wildman–Crippen LogP) is 12.7. The largest absolute Gasteiger partial charge is 0.444 e.